The van der Waals surface area contributed by atoms with E-state index in [1.165, 1.54) is 13.2 Å². The molecular weight excluding hydrogens is 190 g/mol. The molecule has 0 aromatic heterocycles. The summed E-state index contributed by atoms with van der Waals surface area (Å²) in [6.07, 6.45) is 0.317. The molecule has 0 aliphatic carbocycles. The van der Waals surface area contributed by atoms with Gasteiger partial charge in [-0.25, -0.2) is 0 Å². The highest BCUT2D eigenvalue weighted by Crippen LogP contribution is 2.30. The zero-order valence-electron chi connectivity index (χ0n) is 7.30. The summed E-state index contributed by atoms with van der Waals surface area (Å²) in [7, 11) is 1.33. The number of hydrogen-bond acceptors (Lipinski definition) is 6. The molecule has 1 aromatic carbocycles. The summed E-state index contributed by atoms with van der Waals surface area (Å²) in [6, 6.07) is 2.32. The van der Waals surface area contributed by atoms with Gasteiger partial charge in [-0.2, -0.15) is 0 Å². The second kappa shape index (κ2) is 3.95. The zero-order chi connectivity index (χ0) is 10.7. The lowest BCUT2D eigenvalue weighted by Crippen LogP contribution is -2.14. The zero-order valence-corrected chi connectivity index (χ0v) is 7.30. The highest BCUT2D eigenvalue weighted by molar-refractivity contribution is 5.84. The molecule has 2 N–H and O–H groups in total. The van der Waals surface area contributed by atoms with E-state index in [0.717, 1.165) is 6.07 Å². The maximum atomic E-state index is 11.3. The molecular formula is C8H8NO5-. The molecule has 0 bridgehead atoms. The standard InChI is InChI=1S/C8H9NO5/c1-14-6-2-5(4-10)8(11)7(3-6)9(12)13/h2-4,11-13H,1H3/p-1. The van der Waals surface area contributed by atoms with E-state index in [1.807, 2.05) is 0 Å². The van der Waals surface area contributed by atoms with Gasteiger partial charge in [0.05, 0.1) is 12.8 Å². The first-order valence-electron chi connectivity index (χ1n) is 3.62. The van der Waals surface area contributed by atoms with Crippen LogP contribution < -0.4 is 15.1 Å². The van der Waals surface area contributed by atoms with E-state index >= 15 is 0 Å². The number of hydrogen-bond donors (Lipinski definition) is 2. The lowest BCUT2D eigenvalue weighted by atomic mass is 10.2. The first kappa shape index (κ1) is 10.3. The predicted octanol–water partition coefficient (Wildman–Crippen LogP) is 0.166. The fraction of sp³-hybridized carbons (Fsp3) is 0.125. The minimum Gasteiger partial charge on any atom is -0.870 e. The van der Waals surface area contributed by atoms with Gasteiger partial charge in [0.1, 0.15) is 12.0 Å². The number of anilines is 1. The molecule has 76 valence electrons. The number of carbonyl (C=O) groups is 1. The van der Waals surface area contributed by atoms with Crippen LogP contribution in [0.2, 0.25) is 0 Å². The molecule has 1 aromatic rings. The summed E-state index contributed by atoms with van der Waals surface area (Å²) < 4.78 is 4.76. The van der Waals surface area contributed by atoms with E-state index in [4.69, 9.17) is 15.2 Å². The summed E-state index contributed by atoms with van der Waals surface area (Å²) >= 11 is 0. The van der Waals surface area contributed by atoms with Crippen LogP contribution in [0.5, 0.6) is 11.5 Å². The van der Waals surface area contributed by atoms with Crippen LogP contribution >= 0.6 is 0 Å². The second-order valence-corrected chi connectivity index (χ2v) is 2.47. The maximum Gasteiger partial charge on any atom is 0.149 e. The Labute approximate surface area is 79.5 Å². The molecule has 0 fully saturated rings. The van der Waals surface area contributed by atoms with E-state index in [0.29, 0.717) is 6.29 Å². The molecule has 0 saturated carbocycles. The van der Waals surface area contributed by atoms with Gasteiger partial charge >= 0.3 is 0 Å². The molecule has 14 heavy (non-hydrogen) atoms. The van der Waals surface area contributed by atoms with Gasteiger partial charge in [-0.3, -0.25) is 15.2 Å². The third-order valence-electron chi connectivity index (χ3n) is 1.65. The van der Waals surface area contributed by atoms with Gasteiger partial charge in [0.2, 0.25) is 0 Å². The summed E-state index contributed by atoms with van der Waals surface area (Å²) in [6.45, 7) is 0. The number of benzene rings is 1. The fourth-order valence-electron chi connectivity index (χ4n) is 0.963. The van der Waals surface area contributed by atoms with Crippen molar-refractivity contribution in [3.8, 4) is 11.5 Å². The maximum absolute atomic E-state index is 11.3. The first-order valence-corrected chi connectivity index (χ1v) is 3.62. The summed E-state index contributed by atoms with van der Waals surface area (Å²) in [5, 5.41) is 28.2. The second-order valence-electron chi connectivity index (χ2n) is 2.47. The van der Waals surface area contributed by atoms with Gasteiger partial charge in [-0.1, -0.05) is 5.75 Å². The fourth-order valence-corrected chi connectivity index (χ4v) is 0.963. The molecule has 0 amide bonds. The highest BCUT2D eigenvalue weighted by atomic mass is 16.8. The topological polar surface area (TPSA) is 93.1 Å². The van der Waals surface area contributed by atoms with E-state index in [9.17, 15) is 9.90 Å². The van der Waals surface area contributed by atoms with Crippen molar-refractivity contribution in [1.82, 2.24) is 0 Å². The van der Waals surface area contributed by atoms with Crippen molar-refractivity contribution in [2.45, 2.75) is 0 Å². The van der Waals surface area contributed by atoms with Gasteiger partial charge in [0.15, 0.2) is 0 Å². The summed E-state index contributed by atoms with van der Waals surface area (Å²) in [5.74, 6) is -0.583. The SMILES string of the molecule is COc1cc(C=O)c([O-])c(N(O)O)c1. The van der Waals surface area contributed by atoms with Crippen LogP contribution in [0.25, 0.3) is 0 Å². The number of aldehydes is 1. The number of methoxy groups -OCH3 is 1. The Morgan fingerprint density at radius 2 is 2.14 bits per heavy atom. The van der Waals surface area contributed by atoms with Crippen LogP contribution in [-0.2, 0) is 0 Å². The number of nitrogens with zero attached hydrogens (tertiary/aromatic N) is 1. The van der Waals surface area contributed by atoms with Crippen molar-refractivity contribution in [2.24, 2.45) is 0 Å². The first-order chi connectivity index (χ1) is 6.60. The molecule has 0 heterocycles. The van der Waals surface area contributed by atoms with E-state index < -0.39 is 11.4 Å². The molecule has 0 radical (unpaired) electrons. The summed E-state index contributed by atoms with van der Waals surface area (Å²) in [5.41, 5.74) is -0.640. The molecule has 0 aliphatic rings. The quantitative estimate of drug-likeness (QED) is 0.531. The van der Waals surface area contributed by atoms with Gasteiger partial charge in [0, 0.05) is 11.6 Å². The Hall–Kier alpha value is -1.79. The van der Waals surface area contributed by atoms with Gasteiger partial charge < -0.3 is 9.84 Å². The number of rotatable bonds is 3. The van der Waals surface area contributed by atoms with Crippen molar-refractivity contribution in [3.05, 3.63) is 17.7 Å². The monoisotopic (exact) mass is 198 g/mol. The molecule has 0 spiro atoms. The van der Waals surface area contributed by atoms with Crippen LogP contribution in [0.15, 0.2) is 12.1 Å². The van der Waals surface area contributed by atoms with E-state index in [-0.39, 0.29) is 16.5 Å². The molecule has 6 heteroatoms. The summed E-state index contributed by atoms with van der Waals surface area (Å²) in [4.78, 5) is 10.4. The molecule has 0 atom stereocenters. The van der Waals surface area contributed by atoms with Crippen LogP contribution in [-0.4, -0.2) is 23.8 Å². The van der Waals surface area contributed by atoms with E-state index in [1.54, 1.807) is 0 Å². The van der Waals surface area contributed by atoms with E-state index in [2.05, 4.69) is 0 Å². The Bertz CT molecular complexity index is 350. The smallest absolute Gasteiger partial charge is 0.149 e. The normalized spacial score (nSPS) is 9.64. The molecule has 0 unspecified atom stereocenters. The number of ether oxygens (including phenoxy) is 1. The Kier molecular flexibility index (Phi) is 2.90. The van der Waals surface area contributed by atoms with Gasteiger partial charge in [-0.15, -0.1) is 5.23 Å². The lowest BCUT2D eigenvalue weighted by molar-refractivity contribution is -0.268. The average Bonchev–Trinajstić information content (AvgIpc) is 2.17. The highest BCUT2D eigenvalue weighted by Gasteiger charge is 2.07. The van der Waals surface area contributed by atoms with Crippen molar-refractivity contribution < 1.29 is 25.1 Å². The van der Waals surface area contributed by atoms with Gasteiger partial charge in [-0.05, 0) is 6.07 Å². The minimum absolute atomic E-state index is 0.190. The van der Waals surface area contributed by atoms with Crippen molar-refractivity contribution >= 4 is 12.0 Å². The Balaban J connectivity index is 3.34. The predicted molar refractivity (Wildman–Crippen MR) is 43.9 cm³/mol. The van der Waals surface area contributed by atoms with Gasteiger partial charge in [0.25, 0.3) is 0 Å². The largest absolute Gasteiger partial charge is 0.870 e. The van der Waals surface area contributed by atoms with Crippen molar-refractivity contribution in [3.63, 3.8) is 0 Å². The van der Waals surface area contributed by atoms with Crippen LogP contribution in [0.1, 0.15) is 10.4 Å². The molecule has 0 aliphatic heterocycles. The molecule has 6 nitrogen and oxygen atoms in total. The van der Waals surface area contributed by atoms with Crippen LogP contribution in [0.3, 0.4) is 0 Å². The molecule has 0 saturated heterocycles. The third-order valence-corrected chi connectivity index (χ3v) is 1.65. The molecule has 1 rings (SSSR count). The minimum atomic E-state index is -0.772. The lowest BCUT2D eigenvalue weighted by Gasteiger charge is -2.19. The number of carbonyl (C=O) groups excluding carboxylic acids is 1. The van der Waals surface area contributed by atoms with Crippen LogP contribution in [0, 0.1) is 0 Å². The van der Waals surface area contributed by atoms with Crippen molar-refractivity contribution in [2.75, 3.05) is 12.3 Å². The Morgan fingerprint density at radius 3 is 2.57 bits per heavy atom. The average molecular weight is 198 g/mol. The Morgan fingerprint density at radius 1 is 1.50 bits per heavy atom. The van der Waals surface area contributed by atoms with Crippen molar-refractivity contribution in [1.29, 1.82) is 0 Å². The third kappa shape index (κ3) is 1.76. The van der Waals surface area contributed by atoms with Crippen LogP contribution in [0.4, 0.5) is 5.69 Å².